The number of nitrogens with one attached hydrogen (secondary N) is 1. The number of amides is 1. The van der Waals surface area contributed by atoms with Crippen LogP contribution in [0.4, 0.5) is 5.69 Å². The van der Waals surface area contributed by atoms with Crippen molar-refractivity contribution >= 4 is 24.2 Å². The van der Waals surface area contributed by atoms with E-state index in [-0.39, 0.29) is 34.0 Å². The number of rotatable bonds is 2. The number of para-hydroxylation sites is 1. The van der Waals surface area contributed by atoms with Crippen molar-refractivity contribution in [2.45, 2.75) is 0 Å². The first-order valence-electron chi connectivity index (χ1n) is 3.28. The van der Waals surface area contributed by atoms with Gasteiger partial charge in [0.25, 0.3) is 0 Å². The average molecular weight is 364 g/mol. The summed E-state index contributed by atoms with van der Waals surface area (Å²) in [5, 5.41) is 2.68. The van der Waals surface area contributed by atoms with Crippen LogP contribution in [0.1, 0.15) is 0 Å². The molecule has 1 N–H and O–H groups in total. The van der Waals surface area contributed by atoms with Crippen molar-refractivity contribution < 1.29 is 27.2 Å². The molecule has 68 valence electrons. The Kier molecular flexibility index (Phi) is 6.20. The molecule has 1 aromatic carbocycles. The average Bonchev–Trinajstić information content (AvgIpc) is 2.06. The molecule has 4 heteroatoms. The Bertz CT molecular complexity index is 240. The summed E-state index contributed by atoms with van der Waals surface area (Å²) in [6.07, 6.45) is 0. The summed E-state index contributed by atoms with van der Waals surface area (Å²) in [7, 11) is 0. The molecular formula is C8H9AuNOS+. The van der Waals surface area contributed by atoms with Gasteiger partial charge in [-0.3, -0.25) is 4.79 Å². The van der Waals surface area contributed by atoms with Crippen LogP contribution in [-0.2, 0) is 27.2 Å². The van der Waals surface area contributed by atoms with Gasteiger partial charge in [-0.2, -0.15) is 12.6 Å². The summed E-state index contributed by atoms with van der Waals surface area (Å²) in [6.45, 7) is 0. The summed E-state index contributed by atoms with van der Waals surface area (Å²) in [6, 6.07) is 9.31. The molecule has 0 saturated carbocycles. The molecule has 0 unspecified atom stereocenters. The number of carbonyl (C=O) groups excluding carboxylic acids is 1. The molecule has 0 aliphatic heterocycles. The molecule has 2 nitrogen and oxygen atoms in total. The minimum absolute atomic E-state index is 0. The minimum Gasteiger partial charge on any atom is -0.325 e. The Balaban J connectivity index is 0.00000121. The Morgan fingerprint density at radius 3 is 2.42 bits per heavy atom. The number of hydrogen-bond acceptors (Lipinski definition) is 2. The van der Waals surface area contributed by atoms with Gasteiger partial charge in [-0.1, -0.05) is 18.2 Å². The van der Waals surface area contributed by atoms with Crippen LogP contribution < -0.4 is 5.32 Å². The van der Waals surface area contributed by atoms with Gasteiger partial charge in [0.05, 0.1) is 5.75 Å². The Hall–Kier alpha value is -0.220. The Labute approximate surface area is 92.7 Å². The first-order chi connectivity index (χ1) is 5.33. The fraction of sp³-hybridized carbons (Fsp3) is 0.125. The zero-order chi connectivity index (χ0) is 8.10. The molecule has 0 fully saturated rings. The second-order valence-electron chi connectivity index (χ2n) is 2.07. The molecule has 0 spiro atoms. The van der Waals surface area contributed by atoms with Gasteiger partial charge in [-0.25, -0.2) is 0 Å². The summed E-state index contributed by atoms with van der Waals surface area (Å²) in [4.78, 5) is 10.8. The van der Waals surface area contributed by atoms with E-state index in [1.54, 1.807) is 0 Å². The van der Waals surface area contributed by atoms with Crippen molar-refractivity contribution in [3.05, 3.63) is 30.3 Å². The molecule has 1 amide bonds. The number of benzene rings is 1. The van der Waals surface area contributed by atoms with Crippen LogP contribution >= 0.6 is 12.6 Å². The SMILES string of the molecule is O=C(CS)Nc1ccccc1.[Au+]. The van der Waals surface area contributed by atoms with Gasteiger partial charge in [0.1, 0.15) is 0 Å². The molecule has 0 saturated heterocycles. The van der Waals surface area contributed by atoms with Gasteiger partial charge < -0.3 is 5.32 Å². The van der Waals surface area contributed by atoms with E-state index in [4.69, 9.17) is 0 Å². The summed E-state index contributed by atoms with van der Waals surface area (Å²) in [5.41, 5.74) is 0.812. The first kappa shape index (κ1) is 11.8. The van der Waals surface area contributed by atoms with Crippen LogP contribution in [0, 0.1) is 0 Å². The molecule has 12 heavy (non-hydrogen) atoms. The van der Waals surface area contributed by atoms with E-state index in [0.717, 1.165) is 5.69 Å². The van der Waals surface area contributed by atoms with E-state index in [9.17, 15) is 4.79 Å². The summed E-state index contributed by atoms with van der Waals surface area (Å²) < 4.78 is 0. The van der Waals surface area contributed by atoms with Crippen molar-refractivity contribution in [3.8, 4) is 0 Å². The van der Waals surface area contributed by atoms with Crippen molar-refractivity contribution in [2.75, 3.05) is 11.1 Å². The molecule has 1 rings (SSSR count). The minimum atomic E-state index is -0.0838. The second-order valence-corrected chi connectivity index (χ2v) is 2.39. The maximum atomic E-state index is 10.8. The first-order valence-corrected chi connectivity index (χ1v) is 3.92. The van der Waals surface area contributed by atoms with Crippen LogP contribution in [-0.4, -0.2) is 11.7 Å². The van der Waals surface area contributed by atoms with Crippen molar-refractivity contribution in [2.24, 2.45) is 0 Å². The fourth-order valence-electron chi connectivity index (χ4n) is 0.722. The summed E-state index contributed by atoms with van der Waals surface area (Å²) in [5.74, 6) is 0.133. The third-order valence-electron chi connectivity index (χ3n) is 1.20. The number of hydrogen-bond donors (Lipinski definition) is 2. The van der Waals surface area contributed by atoms with Crippen molar-refractivity contribution in [3.63, 3.8) is 0 Å². The van der Waals surface area contributed by atoms with Crippen molar-refractivity contribution in [1.82, 2.24) is 0 Å². The molecule has 0 aliphatic rings. The predicted octanol–water partition coefficient (Wildman–Crippen LogP) is 1.55. The molecule has 0 atom stereocenters. The largest absolute Gasteiger partial charge is 1.00 e. The predicted molar refractivity (Wildman–Crippen MR) is 48.9 cm³/mol. The maximum Gasteiger partial charge on any atom is 1.00 e. The molecule has 0 radical (unpaired) electrons. The standard InChI is InChI=1S/C8H9NOS.Au/c10-8(6-11)9-7-4-2-1-3-5-7;/h1-5,11H,6H2,(H,9,10);/q;+1. The van der Waals surface area contributed by atoms with Crippen LogP contribution in [0.25, 0.3) is 0 Å². The Morgan fingerprint density at radius 2 is 1.92 bits per heavy atom. The molecule has 0 aromatic heterocycles. The second kappa shape index (κ2) is 6.31. The molecule has 1 aromatic rings. The van der Waals surface area contributed by atoms with Crippen LogP contribution in [0.15, 0.2) is 30.3 Å². The molecule has 0 bridgehead atoms. The van der Waals surface area contributed by atoms with Crippen molar-refractivity contribution in [1.29, 1.82) is 0 Å². The molecular weight excluding hydrogens is 355 g/mol. The van der Waals surface area contributed by atoms with Gasteiger partial charge in [0.15, 0.2) is 0 Å². The normalized spacial score (nSPS) is 8.42. The van der Waals surface area contributed by atoms with E-state index in [2.05, 4.69) is 17.9 Å². The number of thiol groups is 1. The third-order valence-corrected chi connectivity index (χ3v) is 1.49. The topological polar surface area (TPSA) is 29.1 Å². The third kappa shape index (κ3) is 3.97. The van der Waals surface area contributed by atoms with Gasteiger partial charge >= 0.3 is 22.4 Å². The van der Waals surface area contributed by atoms with E-state index in [1.165, 1.54) is 0 Å². The maximum absolute atomic E-state index is 10.8. The van der Waals surface area contributed by atoms with E-state index >= 15 is 0 Å². The van der Waals surface area contributed by atoms with Crippen LogP contribution in [0.5, 0.6) is 0 Å². The smallest absolute Gasteiger partial charge is 0.325 e. The molecule has 0 aliphatic carbocycles. The fourth-order valence-corrected chi connectivity index (χ4v) is 0.801. The number of anilines is 1. The van der Waals surface area contributed by atoms with Gasteiger partial charge in [0.2, 0.25) is 5.91 Å². The summed E-state index contributed by atoms with van der Waals surface area (Å²) >= 11 is 3.83. The van der Waals surface area contributed by atoms with Crippen LogP contribution in [0.3, 0.4) is 0 Å². The number of carbonyl (C=O) groups is 1. The van der Waals surface area contributed by atoms with E-state index in [0.29, 0.717) is 0 Å². The molecule has 0 heterocycles. The zero-order valence-corrected chi connectivity index (χ0v) is 9.31. The quantitative estimate of drug-likeness (QED) is 0.605. The van der Waals surface area contributed by atoms with Gasteiger partial charge in [-0.05, 0) is 12.1 Å². The monoisotopic (exact) mass is 364 g/mol. The van der Waals surface area contributed by atoms with Gasteiger partial charge in [-0.15, -0.1) is 0 Å². The zero-order valence-electron chi connectivity index (χ0n) is 6.25. The van der Waals surface area contributed by atoms with E-state index in [1.807, 2.05) is 30.3 Å². The van der Waals surface area contributed by atoms with Crippen LogP contribution in [0.2, 0.25) is 0 Å². The Morgan fingerprint density at radius 1 is 1.33 bits per heavy atom. The van der Waals surface area contributed by atoms with E-state index < -0.39 is 0 Å². The van der Waals surface area contributed by atoms with Gasteiger partial charge in [0, 0.05) is 5.69 Å².